The summed E-state index contributed by atoms with van der Waals surface area (Å²) in [6, 6.07) is 6.07. The second-order valence-electron chi connectivity index (χ2n) is 4.18. The number of benzene rings is 1. The van der Waals surface area contributed by atoms with Gasteiger partial charge in [0.25, 0.3) is 0 Å². The molecule has 0 unspecified atom stereocenters. The van der Waals surface area contributed by atoms with Gasteiger partial charge in [0.1, 0.15) is 0 Å². The molecule has 0 aliphatic carbocycles. The van der Waals surface area contributed by atoms with E-state index in [9.17, 15) is 0 Å². The fourth-order valence-corrected chi connectivity index (χ4v) is 2.60. The Labute approximate surface area is 103 Å². The molecule has 2 aromatic heterocycles. The number of fused-ring (bicyclic) bond motifs is 1. The lowest BCUT2D eigenvalue weighted by atomic mass is 10.1. The third kappa shape index (κ3) is 1.61. The Morgan fingerprint density at radius 3 is 2.82 bits per heavy atom. The first-order valence-electron chi connectivity index (χ1n) is 5.45. The summed E-state index contributed by atoms with van der Waals surface area (Å²) in [4.78, 5) is 7.87. The summed E-state index contributed by atoms with van der Waals surface area (Å²) in [5.41, 5.74) is 11.0. The number of hydrogen-bond donors (Lipinski definition) is 2. The zero-order valence-corrected chi connectivity index (χ0v) is 10.6. The van der Waals surface area contributed by atoms with E-state index in [1.54, 1.807) is 11.3 Å². The molecule has 0 saturated carbocycles. The molecule has 0 saturated heterocycles. The molecule has 3 rings (SSSR count). The number of nitrogens with one attached hydrogen (secondary N) is 1. The fraction of sp³-hybridized carbons (Fsp3) is 0.154. The normalized spacial score (nSPS) is 11.2. The third-order valence-corrected chi connectivity index (χ3v) is 3.78. The minimum atomic E-state index is 0.831. The molecule has 0 aliphatic rings. The molecule has 0 spiro atoms. The van der Waals surface area contributed by atoms with Crippen LogP contribution in [0.1, 0.15) is 10.6 Å². The van der Waals surface area contributed by atoms with E-state index in [4.69, 9.17) is 5.73 Å². The monoisotopic (exact) mass is 243 g/mol. The maximum Gasteiger partial charge on any atom is 0.0977 e. The zero-order chi connectivity index (χ0) is 12.0. The summed E-state index contributed by atoms with van der Waals surface area (Å²) in [5.74, 6) is 0. The number of thiazole rings is 1. The maximum atomic E-state index is 5.91. The average Bonchev–Trinajstić information content (AvgIpc) is 2.90. The lowest BCUT2D eigenvalue weighted by Gasteiger charge is -1.99. The number of nitrogens with two attached hydrogens (primary N) is 1. The number of H-pyrrole nitrogens is 1. The van der Waals surface area contributed by atoms with Crippen LogP contribution in [0.4, 0.5) is 5.69 Å². The Balaban J connectivity index is 2.23. The topological polar surface area (TPSA) is 54.7 Å². The predicted octanol–water partition coefficient (Wildman–Crippen LogP) is 3.49. The van der Waals surface area contributed by atoms with Crippen LogP contribution in [0.2, 0.25) is 0 Å². The van der Waals surface area contributed by atoms with Crippen LogP contribution < -0.4 is 5.73 Å². The van der Waals surface area contributed by atoms with Crippen molar-refractivity contribution in [3.63, 3.8) is 0 Å². The SMILES string of the molecule is Cc1nc(-c2cc3c(C)c(N)ccc3[nH]2)cs1. The number of nitrogens with zero attached hydrogens (tertiary/aromatic N) is 1. The summed E-state index contributed by atoms with van der Waals surface area (Å²) in [6.45, 7) is 4.06. The Hall–Kier alpha value is -1.81. The molecule has 0 aliphatic heterocycles. The molecular formula is C13H13N3S. The highest BCUT2D eigenvalue weighted by molar-refractivity contribution is 7.09. The fourth-order valence-electron chi connectivity index (χ4n) is 1.99. The van der Waals surface area contributed by atoms with Crippen LogP contribution in [0.5, 0.6) is 0 Å². The van der Waals surface area contributed by atoms with Crippen LogP contribution in [-0.2, 0) is 0 Å². The van der Waals surface area contributed by atoms with Crippen molar-refractivity contribution < 1.29 is 0 Å². The predicted molar refractivity (Wildman–Crippen MR) is 73.3 cm³/mol. The van der Waals surface area contributed by atoms with Gasteiger partial charge in [0.05, 0.1) is 16.4 Å². The quantitative estimate of drug-likeness (QED) is 0.643. The summed E-state index contributed by atoms with van der Waals surface area (Å²) >= 11 is 1.66. The van der Waals surface area contributed by atoms with Gasteiger partial charge in [-0.05, 0) is 37.6 Å². The Morgan fingerprint density at radius 2 is 2.12 bits per heavy atom. The molecule has 1 aromatic carbocycles. The first-order valence-corrected chi connectivity index (χ1v) is 6.33. The summed E-state index contributed by atoms with van der Waals surface area (Å²) in [6.07, 6.45) is 0. The van der Waals surface area contributed by atoms with Gasteiger partial charge in [-0.15, -0.1) is 11.3 Å². The molecular weight excluding hydrogens is 230 g/mol. The van der Waals surface area contributed by atoms with E-state index in [2.05, 4.69) is 21.4 Å². The van der Waals surface area contributed by atoms with E-state index in [0.717, 1.165) is 33.2 Å². The number of rotatable bonds is 1. The van der Waals surface area contributed by atoms with Crippen molar-refractivity contribution in [1.29, 1.82) is 0 Å². The Kier molecular flexibility index (Phi) is 2.19. The maximum absolute atomic E-state index is 5.91. The lowest BCUT2D eigenvalue weighted by molar-refractivity contribution is 1.27. The van der Waals surface area contributed by atoms with Gasteiger partial charge in [-0.1, -0.05) is 0 Å². The summed E-state index contributed by atoms with van der Waals surface area (Å²) in [5, 5.41) is 4.32. The molecule has 4 heteroatoms. The molecule has 17 heavy (non-hydrogen) atoms. The van der Waals surface area contributed by atoms with Crippen molar-refractivity contribution >= 4 is 27.9 Å². The van der Waals surface area contributed by atoms with Crippen LogP contribution in [0.3, 0.4) is 0 Å². The van der Waals surface area contributed by atoms with Crippen molar-refractivity contribution in [3.8, 4) is 11.4 Å². The molecule has 3 N–H and O–H groups in total. The van der Waals surface area contributed by atoms with Crippen molar-refractivity contribution in [3.05, 3.63) is 34.2 Å². The molecule has 0 bridgehead atoms. The molecule has 0 atom stereocenters. The van der Waals surface area contributed by atoms with Gasteiger partial charge >= 0.3 is 0 Å². The number of hydrogen-bond acceptors (Lipinski definition) is 3. The number of anilines is 1. The zero-order valence-electron chi connectivity index (χ0n) is 9.74. The summed E-state index contributed by atoms with van der Waals surface area (Å²) < 4.78 is 0. The van der Waals surface area contributed by atoms with Gasteiger partial charge in [-0.2, -0.15) is 0 Å². The van der Waals surface area contributed by atoms with Gasteiger partial charge < -0.3 is 10.7 Å². The Morgan fingerprint density at radius 1 is 1.29 bits per heavy atom. The third-order valence-electron chi connectivity index (χ3n) is 3.01. The molecule has 86 valence electrons. The van der Waals surface area contributed by atoms with E-state index >= 15 is 0 Å². The molecule has 2 heterocycles. The second kappa shape index (κ2) is 3.60. The minimum Gasteiger partial charge on any atom is -0.398 e. The Bertz CT molecular complexity index is 694. The highest BCUT2D eigenvalue weighted by atomic mass is 32.1. The first kappa shape index (κ1) is 10.4. The standard InChI is InChI=1S/C13H13N3S/c1-7-9-5-12(13-6-17-8(2)15-13)16-11(9)4-3-10(7)14/h3-6,16H,14H2,1-2H3. The second-order valence-corrected chi connectivity index (χ2v) is 5.24. The van der Waals surface area contributed by atoms with Crippen molar-refractivity contribution in [2.24, 2.45) is 0 Å². The molecule has 0 radical (unpaired) electrons. The minimum absolute atomic E-state index is 0.831. The van der Waals surface area contributed by atoms with Crippen LogP contribution in [-0.4, -0.2) is 9.97 Å². The van der Waals surface area contributed by atoms with E-state index in [-0.39, 0.29) is 0 Å². The van der Waals surface area contributed by atoms with Crippen molar-refractivity contribution in [2.75, 3.05) is 5.73 Å². The van der Waals surface area contributed by atoms with E-state index in [0.29, 0.717) is 0 Å². The van der Waals surface area contributed by atoms with Crippen LogP contribution >= 0.6 is 11.3 Å². The van der Waals surface area contributed by atoms with Gasteiger partial charge in [0.2, 0.25) is 0 Å². The lowest BCUT2D eigenvalue weighted by Crippen LogP contribution is -1.88. The van der Waals surface area contributed by atoms with Crippen LogP contribution in [0, 0.1) is 13.8 Å². The smallest absolute Gasteiger partial charge is 0.0977 e. The number of nitrogen functional groups attached to an aromatic ring is 1. The van der Waals surface area contributed by atoms with E-state index in [1.807, 2.05) is 26.0 Å². The van der Waals surface area contributed by atoms with Gasteiger partial charge in [0, 0.05) is 22.0 Å². The van der Waals surface area contributed by atoms with Gasteiger partial charge in [0.15, 0.2) is 0 Å². The van der Waals surface area contributed by atoms with E-state index in [1.165, 1.54) is 5.39 Å². The van der Waals surface area contributed by atoms with Crippen LogP contribution in [0.15, 0.2) is 23.6 Å². The summed E-state index contributed by atoms with van der Waals surface area (Å²) in [7, 11) is 0. The molecule has 0 fully saturated rings. The van der Waals surface area contributed by atoms with Gasteiger partial charge in [-0.25, -0.2) is 4.98 Å². The average molecular weight is 243 g/mol. The van der Waals surface area contributed by atoms with Gasteiger partial charge in [-0.3, -0.25) is 0 Å². The van der Waals surface area contributed by atoms with Crippen molar-refractivity contribution in [2.45, 2.75) is 13.8 Å². The molecule has 3 aromatic rings. The largest absolute Gasteiger partial charge is 0.398 e. The van der Waals surface area contributed by atoms with E-state index < -0.39 is 0 Å². The first-order chi connectivity index (χ1) is 8.15. The van der Waals surface area contributed by atoms with Crippen molar-refractivity contribution in [1.82, 2.24) is 9.97 Å². The van der Waals surface area contributed by atoms with Crippen LogP contribution in [0.25, 0.3) is 22.3 Å². The number of aryl methyl sites for hydroxylation is 2. The molecule has 3 nitrogen and oxygen atoms in total. The highest BCUT2D eigenvalue weighted by Crippen LogP contribution is 2.29. The highest BCUT2D eigenvalue weighted by Gasteiger charge is 2.08. The number of aromatic amines is 1. The molecule has 0 amide bonds. The number of aromatic nitrogens is 2.